The summed E-state index contributed by atoms with van der Waals surface area (Å²) in [4.78, 5) is 27.5. The topological polar surface area (TPSA) is 58.6 Å². The lowest BCUT2D eigenvalue weighted by molar-refractivity contribution is -0.131. The fraction of sp³-hybridized carbons (Fsp3) is 0.677. The van der Waals surface area contributed by atoms with Crippen molar-refractivity contribution in [3.63, 3.8) is 0 Å². The van der Waals surface area contributed by atoms with Gasteiger partial charge in [-0.2, -0.15) is 0 Å². The van der Waals surface area contributed by atoms with E-state index < -0.39 is 0 Å². The van der Waals surface area contributed by atoms with Crippen LogP contribution < -0.4 is 10.2 Å². The van der Waals surface area contributed by atoms with E-state index in [2.05, 4.69) is 30.1 Å². The fourth-order valence-corrected chi connectivity index (χ4v) is 8.66. The Morgan fingerprint density at radius 3 is 2.61 bits per heavy atom. The zero-order valence-corrected chi connectivity index (χ0v) is 24.5. The van der Waals surface area contributed by atoms with Crippen molar-refractivity contribution in [3.05, 3.63) is 41.0 Å². The van der Waals surface area contributed by atoms with Crippen molar-refractivity contribution in [1.82, 2.24) is 5.32 Å². The standard InChI is InChI=1S/C31H42Cl2N2O3/c1-20-4-5-21(18-27(20)35(16-14-32)17-15-33)29(37)38-23-10-12-30(2)22(19-23)6-7-24-25(30)11-13-31(3)26(24)8-9-28(36)34-31/h4-6,18,23-26H,7-17,19H2,1-3H3,(H,34,36)/t23-,24+,25-,26-,30-,31?/m0/s1. The number of alkyl halides is 2. The highest BCUT2D eigenvalue weighted by molar-refractivity contribution is 6.18. The predicted molar refractivity (Wildman–Crippen MR) is 154 cm³/mol. The van der Waals surface area contributed by atoms with Crippen LogP contribution >= 0.6 is 23.2 Å². The van der Waals surface area contributed by atoms with Crippen LogP contribution in [0.1, 0.15) is 81.1 Å². The molecule has 3 fully saturated rings. The van der Waals surface area contributed by atoms with Crippen molar-refractivity contribution in [2.75, 3.05) is 29.7 Å². The number of carbonyl (C=O) groups is 2. The first-order valence-corrected chi connectivity index (χ1v) is 15.4. The van der Waals surface area contributed by atoms with Gasteiger partial charge in [-0.05, 0) is 93.2 Å². The quantitative estimate of drug-likeness (QED) is 0.231. The van der Waals surface area contributed by atoms with Gasteiger partial charge in [-0.25, -0.2) is 4.79 Å². The first kappa shape index (κ1) is 27.8. The molecular weight excluding hydrogens is 519 g/mol. The summed E-state index contributed by atoms with van der Waals surface area (Å²) in [5.41, 5.74) is 4.24. The number of hydrogen-bond acceptors (Lipinski definition) is 4. The number of rotatable bonds is 7. The number of esters is 1. The zero-order valence-electron chi connectivity index (χ0n) is 23.0. The molecule has 1 aromatic carbocycles. The molecule has 1 N–H and O–H groups in total. The number of allylic oxidation sites excluding steroid dienone is 1. The van der Waals surface area contributed by atoms with Gasteiger partial charge in [-0.1, -0.05) is 24.6 Å². The number of nitrogens with one attached hydrogen (secondary N) is 1. The number of aryl methyl sites for hydroxylation is 1. The van der Waals surface area contributed by atoms with E-state index in [-0.39, 0.29) is 28.9 Å². The number of benzene rings is 1. The summed E-state index contributed by atoms with van der Waals surface area (Å²) in [6, 6.07) is 5.77. The van der Waals surface area contributed by atoms with Crippen molar-refractivity contribution < 1.29 is 14.3 Å². The van der Waals surface area contributed by atoms with Crippen molar-refractivity contribution in [2.45, 2.75) is 83.8 Å². The second kappa shape index (κ2) is 11.0. The smallest absolute Gasteiger partial charge is 0.338 e. The van der Waals surface area contributed by atoms with Crippen molar-refractivity contribution in [1.29, 1.82) is 0 Å². The van der Waals surface area contributed by atoms with Gasteiger partial charge in [0.05, 0.1) is 5.56 Å². The van der Waals surface area contributed by atoms with Gasteiger partial charge in [0, 0.05) is 48.9 Å². The van der Waals surface area contributed by atoms with E-state index in [1.165, 1.54) is 5.57 Å². The molecule has 2 saturated carbocycles. The predicted octanol–water partition coefficient (Wildman–Crippen LogP) is 6.64. The molecule has 0 bridgehead atoms. The maximum Gasteiger partial charge on any atom is 0.338 e. The Hall–Kier alpha value is -1.72. The number of carbonyl (C=O) groups excluding carboxylic acids is 2. The fourth-order valence-electron chi connectivity index (χ4n) is 8.26. The van der Waals surface area contributed by atoms with Crippen molar-refractivity contribution in [2.24, 2.45) is 23.2 Å². The van der Waals surface area contributed by atoms with Gasteiger partial charge in [0.25, 0.3) is 0 Å². The van der Waals surface area contributed by atoms with Crippen LogP contribution in [0.25, 0.3) is 0 Å². The van der Waals surface area contributed by atoms with E-state index in [1.807, 2.05) is 25.1 Å². The van der Waals surface area contributed by atoms with Crippen LogP contribution in [0.15, 0.2) is 29.8 Å². The summed E-state index contributed by atoms with van der Waals surface area (Å²) in [5.74, 6) is 2.77. The number of piperidine rings is 1. The number of fused-ring (bicyclic) bond motifs is 5. The van der Waals surface area contributed by atoms with Gasteiger partial charge in [0.15, 0.2) is 0 Å². The largest absolute Gasteiger partial charge is 0.458 e. The summed E-state index contributed by atoms with van der Waals surface area (Å²) in [7, 11) is 0. The number of ether oxygens (including phenoxy) is 1. The molecule has 7 heteroatoms. The molecule has 1 aliphatic heterocycles. The molecule has 1 saturated heterocycles. The van der Waals surface area contributed by atoms with Gasteiger partial charge in [-0.3, -0.25) is 4.79 Å². The third kappa shape index (κ3) is 5.10. The first-order valence-electron chi connectivity index (χ1n) is 14.4. The molecule has 0 radical (unpaired) electrons. The molecule has 5 rings (SSSR count). The third-order valence-electron chi connectivity index (χ3n) is 10.3. The van der Waals surface area contributed by atoms with Crippen LogP contribution in [0.3, 0.4) is 0 Å². The maximum atomic E-state index is 13.3. The second-order valence-electron chi connectivity index (χ2n) is 12.4. The molecule has 3 aliphatic carbocycles. The molecular formula is C31H42Cl2N2O3. The highest BCUT2D eigenvalue weighted by Crippen LogP contribution is 2.60. The number of nitrogens with zero attached hydrogens (tertiary/aromatic N) is 1. The SMILES string of the molecule is Cc1ccc(C(=O)O[C@H]2CC[C@@]3(C)C(=CC[C@H]4[C@@H]5CCC(=O)NC5(C)CC[C@@H]43)C2)cc1N(CCCl)CCCl. The van der Waals surface area contributed by atoms with Crippen LogP contribution in [0.5, 0.6) is 0 Å². The molecule has 5 nitrogen and oxygen atoms in total. The molecule has 1 amide bonds. The number of amides is 1. The number of hydrogen-bond donors (Lipinski definition) is 1. The lowest BCUT2D eigenvalue weighted by Crippen LogP contribution is -2.62. The average Bonchev–Trinajstić information content (AvgIpc) is 2.88. The Balaban J connectivity index is 1.28. The van der Waals surface area contributed by atoms with E-state index >= 15 is 0 Å². The molecule has 1 heterocycles. The summed E-state index contributed by atoms with van der Waals surface area (Å²) >= 11 is 12.0. The molecule has 208 valence electrons. The summed E-state index contributed by atoms with van der Waals surface area (Å²) in [6.07, 6.45) is 10.1. The van der Waals surface area contributed by atoms with Gasteiger partial charge in [0.1, 0.15) is 6.10 Å². The molecule has 38 heavy (non-hydrogen) atoms. The van der Waals surface area contributed by atoms with Crippen LogP contribution in [0, 0.1) is 30.1 Å². The van der Waals surface area contributed by atoms with E-state index in [0.717, 1.165) is 56.2 Å². The first-order chi connectivity index (χ1) is 18.2. The average molecular weight is 562 g/mol. The zero-order chi connectivity index (χ0) is 27.1. The lowest BCUT2D eigenvalue weighted by atomic mass is 9.48. The second-order valence-corrected chi connectivity index (χ2v) is 13.2. The van der Waals surface area contributed by atoms with E-state index in [1.54, 1.807) is 0 Å². The minimum atomic E-state index is -0.253. The molecule has 0 aromatic heterocycles. The number of halogens is 2. The van der Waals surface area contributed by atoms with Gasteiger partial charge in [-0.15, -0.1) is 23.2 Å². The Kier molecular flexibility index (Phi) is 8.09. The molecule has 1 aromatic rings. The van der Waals surface area contributed by atoms with Crippen LogP contribution in [0.4, 0.5) is 5.69 Å². The van der Waals surface area contributed by atoms with E-state index in [0.29, 0.717) is 54.6 Å². The monoisotopic (exact) mass is 560 g/mol. The number of anilines is 1. The van der Waals surface area contributed by atoms with Crippen molar-refractivity contribution >= 4 is 40.8 Å². The highest BCUT2D eigenvalue weighted by atomic mass is 35.5. The van der Waals surface area contributed by atoms with Crippen molar-refractivity contribution in [3.8, 4) is 0 Å². The summed E-state index contributed by atoms with van der Waals surface area (Å²) < 4.78 is 6.12. The van der Waals surface area contributed by atoms with Crippen LogP contribution in [-0.4, -0.2) is 48.4 Å². The molecule has 1 unspecified atom stereocenters. The van der Waals surface area contributed by atoms with Gasteiger partial charge < -0.3 is 15.0 Å². The Morgan fingerprint density at radius 1 is 1.11 bits per heavy atom. The Labute approximate surface area is 237 Å². The van der Waals surface area contributed by atoms with E-state index in [4.69, 9.17) is 27.9 Å². The Bertz CT molecular complexity index is 1100. The van der Waals surface area contributed by atoms with Crippen LogP contribution in [0.2, 0.25) is 0 Å². The Morgan fingerprint density at radius 2 is 1.87 bits per heavy atom. The third-order valence-corrected chi connectivity index (χ3v) is 10.7. The minimum Gasteiger partial charge on any atom is -0.458 e. The normalized spacial score (nSPS) is 34.2. The minimum absolute atomic E-state index is 0.0546. The summed E-state index contributed by atoms with van der Waals surface area (Å²) in [5, 5.41) is 3.35. The summed E-state index contributed by atoms with van der Waals surface area (Å²) in [6.45, 7) is 8.12. The van der Waals surface area contributed by atoms with E-state index in [9.17, 15) is 9.59 Å². The molecule has 4 aliphatic rings. The maximum absolute atomic E-state index is 13.3. The van der Waals surface area contributed by atoms with Gasteiger partial charge in [0.2, 0.25) is 5.91 Å². The molecule has 6 atom stereocenters. The molecule has 0 spiro atoms. The highest BCUT2D eigenvalue weighted by Gasteiger charge is 2.56. The lowest BCUT2D eigenvalue weighted by Gasteiger charge is -2.59. The van der Waals surface area contributed by atoms with Crippen LogP contribution in [-0.2, 0) is 9.53 Å². The van der Waals surface area contributed by atoms with Gasteiger partial charge >= 0.3 is 5.97 Å².